The second-order valence-electron chi connectivity index (χ2n) is 2.93. The van der Waals surface area contributed by atoms with Gasteiger partial charge in [0.15, 0.2) is 0 Å². The highest BCUT2D eigenvalue weighted by Gasteiger charge is 2.21. The first-order chi connectivity index (χ1) is 6.57. The predicted octanol–water partition coefficient (Wildman–Crippen LogP) is 1.68. The van der Waals surface area contributed by atoms with Gasteiger partial charge in [-0.3, -0.25) is 9.48 Å². The third-order valence-electron chi connectivity index (χ3n) is 1.91. The van der Waals surface area contributed by atoms with Gasteiger partial charge in [-0.15, -0.1) is 0 Å². The second-order valence-corrected chi connectivity index (χ2v) is 3.33. The molecule has 0 saturated carbocycles. The Morgan fingerprint density at radius 1 is 1.79 bits per heavy atom. The molecule has 14 heavy (non-hydrogen) atoms. The number of hydrogen-bond donors (Lipinski definition) is 0. The molecule has 0 saturated heterocycles. The summed E-state index contributed by atoms with van der Waals surface area (Å²) in [6.45, 7) is 4.05. The minimum Gasteiger partial charge on any atom is -0.371 e. The van der Waals surface area contributed by atoms with Crippen LogP contribution in [0.3, 0.4) is 0 Å². The molecule has 0 spiro atoms. The lowest BCUT2D eigenvalue weighted by atomic mass is 10.2. The van der Waals surface area contributed by atoms with E-state index in [4.69, 9.17) is 16.3 Å². The summed E-state index contributed by atoms with van der Waals surface area (Å²) < 4.78 is 6.65. The van der Waals surface area contributed by atoms with E-state index in [0.29, 0.717) is 17.3 Å². The molecule has 1 aromatic heterocycles. The summed E-state index contributed by atoms with van der Waals surface area (Å²) in [5.74, 6) is -0.142. The van der Waals surface area contributed by atoms with Crippen LogP contribution in [0.4, 0.5) is 0 Å². The highest BCUT2D eigenvalue weighted by Crippen LogP contribution is 2.16. The summed E-state index contributed by atoms with van der Waals surface area (Å²) >= 11 is 5.82. The van der Waals surface area contributed by atoms with E-state index in [2.05, 4.69) is 5.10 Å². The highest BCUT2D eigenvalue weighted by molar-refractivity contribution is 6.33. The summed E-state index contributed by atoms with van der Waals surface area (Å²) in [4.78, 5) is 11.8. The van der Waals surface area contributed by atoms with E-state index in [9.17, 15) is 4.79 Å². The molecule has 1 atom stereocenters. The van der Waals surface area contributed by atoms with Crippen molar-refractivity contribution in [3.63, 3.8) is 0 Å². The number of aromatic nitrogens is 2. The standard InChI is InChI=1S/C9H13ClN2O2/c1-4-14-6(2)9(13)8-7(10)5-11-12(8)3/h5-6H,4H2,1-3H3. The summed E-state index contributed by atoms with van der Waals surface area (Å²) in [6.07, 6.45) is 0.973. The Morgan fingerprint density at radius 3 is 2.86 bits per heavy atom. The van der Waals surface area contributed by atoms with E-state index in [0.717, 1.165) is 0 Å². The first-order valence-corrected chi connectivity index (χ1v) is 4.79. The third-order valence-corrected chi connectivity index (χ3v) is 2.19. The maximum absolute atomic E-state index is 11.8. The summed E-state index contributed by atoms with van der Waals surface area (Å²) in [5.41, 5.74) is 0.396. The summed E-state index contributed by atoms with van der Waals surface area (Å²) in [5, 5.41) is 4.25. The zero-order valence-corrected chi connectivity index (χ0v) is 9.21. The van der Waals surface area contributed by atoms with Gasteiger partial charge in [0.25, 0.3) is 0 Å². The van der Waals surface area contributed by atoms with Crippen LogP contribution < -0.4 is 0 Å². The Balaban J connectivity index is 2.88. The largest absolute Gasteiger partial charge is 0.371 e. The SMILES string of the molecule is CCOC(C)C(=O)c1c(Cl)cnn1C. The molecule has 1 unspecified atom stereocenters. The van der Waals surface area contributed by atoms with Gasteiger partial charge in [0, 0.05) is 13.7 Å². The quantitative estimate of drug-likeness (QED) is 0.720. The van der Waals surface area contributed by atoms with Gasteiger partial charge in [-0.25, -0.2) is 0 Å². The van der Waals surface area contributed by atoms with Crippen molar-refractivity contribution >= 4 is 17.4 Å². The number of ketones is 1. The number of carbonyl (C=O) groups is 1. The fourth-order valence-corrected chi connectivity index (χ4v) is 1.47. The van der Waals surface area contributed by atoms with E-state index in [1.54, 1.807) is 14.0 Å². The lowest BCUT2D eigenvalue weighted by Gasteiger charge is -2.10. The molecule has 4 nitrogen and oxygen atoms in total. The molecular weight excluding hydrogens is 204 g/mol. The fourth-order valence-electron chi connectivity index (χ4n) is 1.21. The average Bonchev–Trinajstić information content (AvgIpc) is 2.46. The molecule has 0 bridgehead atoms. The molecule has 0 aliphatic carbocycles. The molecule has 1 rings (SSSR count). The Bertz CT molecular complexity index is 316. The van der Waals surface area contributed by atoms with Gasteiger partial charge in [0.05, 0.1) is 11.2 Å². The highest BCUT2D eigenvalue weighted by atomic mass is 35.5. The molecule has 0 aromatic carbocycles. The maximum Gasteiger partial charge on any atom is 0.210 e. The Kier molecular flexibility index (Phi) is 3.66. The molecule has 5 heteroatoms. The number of Topliss-reactive ketones (excluding diaryl/α,β-unsaturated/α-hetero) is 1. The van der Waals surface area contributed by atoms with Crippen molar-refractivity contribution in [2.45, 2.75) is 20.0 Å². The number of halogens is 1. The number of nitrogens with zero attached hydrogens (tertiary/aromatic N) is 2. The van der Waals surface area contributed by atoms with Crippen LogP contribution in [0.5, 0.6) is 0 Å². The van der Waals surface area contributed by atoms with Crippen LogP contribution in [0.25, 0.3) is 0 Å². The van der Waals surface area contributed by atoms with Crippen LogP contribution >= 0.6 is 11.6 Å². The summed E-state index contributed by atoms with van der Waals surface area (Å²) in [7, 11) is 1.68. The number of carbonyl (C=O) groups excluding carboxylic acids is 1. The minimum absolute atomic E-state index is 0.142. The van der Waals surface area contributed by atoms with Gasteiger partial charge >= 0.3 is 0 Å². The Hall–Kier alpha value is -0.870. The van der Waals surface area contributed by atoms with Crippen molar-refractivity contribution in [3.05, 3.63) is 16.9 Å². The van der Waals surface area contributed by atoms with Crippen molar-refractivity contribution in [2.24, 2.45) is 7.05 Å². The Labute approximate surface area is 87.8 Å². The van der Waals surface area contributed by atoms with Crippen molar-refractivity contribution in [2.75, 3.05) is 6.61 Å². The van der Waals surface area contributed by atoms with Crippen LogP contribution in [0.2, 0.25) is 5.02 Å². The Morgan fingerprint density at radius 2 is 2.43 bits per heavy atom. The zero-order valence-electron chi connectivity index (χ0n) is 8.45. The van der Waals surface area contributed by atoms with Crippen molar-refractivity contribution in [3.8, 4) is 0 Å². The molecule has 1 heterocycles. The van der Waals surface area contributed by atoms with Crippen LogP contribution in [0.1, 0.15) is 24.3 Å². The van der Waals surface area contributed by atoms with E-state index in [1.165, 1.54) is 10.9 Å². The number of aryl methyl sites for hydroxylation is 1. The molecule has 1 aromatic rings. The van der Waals surface area contributed by atoms with Crippen LogP contribution in [0.15, 0.2) is 6.20 Å². The van der Waals surface area contributed by atoms with Gasteiger partial charge in [-0.05, 0) is 13.8 Å². The third kappa shape index (κ3) is 2.13. The van der Waals surface area contributed by atoms with E-state index in [1.807, 2.05) is 6.92 Å². The first kappa shape index (κ1) is 11.2. The maximum atomic E-state index is 11.8. The molecule has 0 N–H and O–H groups in total. The first-order valence-electron chi connectivity index (χ1n) is 4.41. The smallest absolute Gasteiger partial charge is 0.210 e. The van der Waals surface area contributed by atoms with Crippen molar-refractivity contribution in [1.29, 1.82) is 0 Å². The van der Waals surface area contributed by atoms with Crippen LogP contribution in [-0.4, -0.2) is 28.3 Å². The van der Waals surface area contributed by atoms with Gasteiger partial charge in [-0.2, -0.15) is 5.10 Å². The van der Waals surface area contributed by atoms with Crippen molar-refractivity contribution in [1.82, 2.24) is 9.78 Å². The second kappa shape index (κ2) is 4.57. The van der Waals surface area contributed by atoms with Crippen LogP contribution in [0, 0.1) is 0 Å². The molecule has 0 aliphatic heterocycles. The lowest BCUT2D eigenvalue weighted by molar-refractivity contribution is 0.0512. The number of rotatable bonds is 4. The molecule has 0 amide bonds. The zero-order chi connectivity index (χ0) is 10.7. The number of hydrogen-bond acceptors (Lipinski definition) is 3. The number of ether oxygens (including phenoxy) is 1. The predicted molar refractivity (Wildman–Crippen MR) is 53.6 cm³/mol. The normalized spacial score (nSPS) is 12.9. The topological polar surface area (TPSA) is 44.1 Å². The van der Waals surface area contributed by atoms with E-state index < -0.39 is 6.10 Å². The summed E-state index contributed by atoms with van der Waals surface area (Å²) in [6, 6.07) is 0. The average molecular weight is 217 g/mol. The molecular formula is C9H13ClN2O2. The van der Waals surface area contributed by atoms with E-state index in [-0.39, 0.29) is 5.78 Å². The van der Waals surface area contributed by atoms with E-state index >= 15 is 0 Å². The monoisotopic (exact) mass is 216 g/mol. The molecule has 0 fully saturated rings. The lowest BCUT2D eigenvalue weighted by Crippen LogP contribution is -2.23. The molecule has 78 valence electrons. The van der Waals surface area contributed by atoms with Gasteiger partial charge in [0.2, 0.25) is 5.78 Å². The molecule has 0 aliphatic rings. The molecule has 0 radical (unpaired) electrons. The van der Waals surface area contributed by atoms with Crippen LogP contribution in [-0.2, 0) is 11.8 Å². The van der Waals surface area contributed by atoms with Gasteiger partial charge < -0.3 is 4.74 Å². The fraction of sp³-hybridized carbons (Fsp3) is 0.556. The minimum atomic E-state index is -0.479. The van der Waals surface area contributed by atoms with Crippen molar-refractivity contribution < 1.29 is 9.53 Å². The van der Waals surface area contributed by atoms with Gasteiger partial charge in [-0.1, -0.05) is 11.6 Å². The van der Waals surface area contributed by atoms with Gasteiger partial charge in [0.1, 0.15) is 11.8 Å².